The molecule has 0 saturated heterocycles. The Balaban J connectivity index is 1.56. The lowest BCUT2D eigenvalue weighted by atomic mass is 10.1. The molecular formula is C18H21BrN4O2. The molecule has 2 heterocycles. The highest BCUT2D eigenvalue weighted by molar-refractivity contribution is 9.10. The lowest BCUT2D eigenvalue weighted by Gasteiger charge is -2.19. The van der Waals surface area contributed by atoms with Gasteiger partial charge >= 0.3 is 0 Å². The highest BCUT2D eigenvalue weighted by Crippen LogP contribution is 2.20. The van der Waals surface area contributed by atoms with Crippen LogP contribution in [0.5, 0.6) is 0 Å². The summed E-state index contributed by atoms with van der Waals surface area (Å²) in [6.45, 7) is 1.89. The molecule has 0 spiro atoms. The monoisotopic (exact) mass is 404 g/mol. The summed E-state index contributed by atoms with van der Waals surface area (Å²) in [5, 5.41) is 4.05. The normalized spacial score (nSPS) is 15.1. The van der Waals surface area contributed by atoms with E-state index in [1.165, 1.54) is 0 Å². The number of benzene rings is 1. The van der Waals surface area contributed by atoms with Crippen LogP contribution in [-0.4, -0.2) is 48.1 Å². The fourth-order valence-electron chi connectivity index (χ4n) is 2.65. The Kier molecular flexibility index (Phi) is 5.65. The number of carbonyl (C=O) groups is 1. The Morgan fingerprint density at radius 1 is 1.36 bits per heavy atom. The van der Waals surface area contributed by atoms with Crippen molar-refractivity contribution in [2.75, 3.05) is 32.1 Å². The van der Waals surface area contributed by atoms with Gasteiger partial charge in [0.25, 0.3) is 0 Å². The highest BCUT2D eigenvalue weighted by Gasteiger charge is 2.17. The van der Waals surface area contributed by atoms with Gasteiger partial charge in [-0.1, -0.05) is 27.2 Å². The van der Waals surface area contributed by atoms with Crippen LogP contribution in [0.15, 0.2) is 39.3 Å². The SMILES string of the molecule is CN1CC=C(c2noc(CCC(=O)N(C)c3ccc(Br)cc3)n2)CC1. The van der Waals surface area contributed by atoms with Crippen molar-refractivity contribution in [1.82, 2.24) is 15.0 Å². The second-order valence-electron chi connectivity index (χ2n) is 6.18. The number of aryl methyl sites for hydroxylation is 1. The van der Waals surface area contributed by atoms with Gasteiger partial charge in [-0.05, 0) is 43.3 Å². The van der Waals surface area contributed by atoms with E-state index in [1.807, 2.05) is 24.3 Å². The van der Waals surface area contributed by atoms with Gasteiger partial charge in [-0.2, -0.15) is 4.98 Å². The summed E-state index contributed by atoms with van der Waals surface area (Å²) in [6, 6.07) is 7.64. The van der Waals surface area contributed by atoms with Gasteiger partial charge in [-0.25, -0.2) is 0 Å². The second kappa shape index (κ2) is 7.93. The summed E-state index contributed by atoms with van der Waals surface area (Å²) in [5.74, 6) is 1.17. The average Bonchev–Trinajstić information content (AvgIpc) is 3.09. The number of aromatic nitrogens is 2. The van der Waals surface area contributed by atoms with Crippen molar-refractivity contribution in [2.24, 2.45) is 0 Å². The molecule has 132 valence electrons. The van der Waals surface area contributed by atoms with Crippen LogP contribution in [0.1, 0.15) is 24.6 Å². The lowest BCUT2D eigenvalue weighted by molar-refractivity contribution is -0.118. The molecule has 0 N–H and O–H groups in total. The average molecular weight is 405 g/mol. The number of rotatable bonds is 5. The summed E-state index contributed by atoms with van der Waals surface area (Å²) < 4.78 is 6.29. The van der Waals surface area contributed by atoms with Crippen LogP contribution in [0.2, 0.25) is 0 Å². The predicted molar refractivity (Wildman–Crippen MR) is 100 cm³/mol. The third-order valence-electron chi connectivity index (χ3n) is 4.31. The van der Waals surface area contributed by atoms with Crippen LogP contribution >= 0.6 is 15.9 Å². The van der Waals surface area contributed by atoms with Gasteiger partial charge in [0.2, 0.25) is 11.8 Å². The fourth-order valence-corrected chi connectivity index (χ4v) is 2.92. The number of halogens is 1. The molecule has 0 saturated carbocycles. The van der Waals surface area contributed by atoms with Crippen molar-refractivity contribution in [2.45, 2.75) is 19.3 Å². The number of hydrogen-bond acceptors (Lipinski definition) is 5. The van der Waals surface area contributed by atoms with Crippen molar-refractivity contribution in [3.05, 3.63) is 46.5 Å². The molecule has 2 aromatic rings. The molecule has 0 aliphatic carbocycles. The number of nitrogens with zero attached hydrogens (tertiary/aromatic N) is 4. The van der Waals surface area contributed by atoms with Crippen molar-refractivity contribution in [1.29, 1.82) is 0 Å². The Morgan fingerprint density at radius 3 is 2.80 bits per heavy atom. The van der Waals surface area contributed by atoms with Gasteiger partial charge in [-0.15, -0.1) is 0 Å². The zero-order valence-electron chi connectivity index (χ0n) is 14.4. The Bertz CT molecular complexity index is 770. The second-order valence-corrected chi connectivity index (χ2v) is 7.10. The van der Waals surface area contributed by atoms with E-state index in [4.69, 9.17) is 4.52 Å². The maximum absolute atomic E-state index is 12.4. The van der Waals surface area contributed by atoms with Gasteiger partial charge in [0.05, 0.1) is 0 Å². The van der Waals surface area contributed by atoms with Crippen LogP contribution in [0.25, 0.3) is 5.57 Å². The Hall–Kier alpha value is -1.99. The third-order valence-corrected chi connectivity index (χ3v) is 4.84. The summed E-state index contributed by atoms with van der Waals surface area (Å²) in [6.07, 6.45) is 3.82. The molecule has 0 unspecified atom stereocenters. The molecule has 1 amide bonds. The quantitative estimate of drug-likeness (QED) is 0.765. The minimum atomic E-state index is 0.0144. The molecule has 0 radical (unpaired) electrons. The standard InChI is InChI=1S/C18H21BrN4O2/c1-22-11-9-13(10-12-22)18-20-16(25-21-18)7-8-17(24)23(2)15-5-3-14(19)4-6-15/h3-6,9H,7-8,10-12H2,1-2H3. The largest absolute Gasteiger partial charge is 0.339 e. The summed E-state index contributed by atoms with van der Waals surface area (Å²) in [7, 11) is 3.86. The van der Waals surface area contributed by atoms with Crippen LogP contribution in [0, 0.1) is 0 Å². The van der Waals surface area contributed by atoms with E-state index in [0.717, 1.165) is 35.2 Å². The zero-order chi connectivity index (χ0) is 17.8. The van der Waals surface area contributed by atoms with Crippen LogP contribution in [0.3, 0.4) is 0 Å². The van der Waals surface area contributed by atoms with E-state index >= 15 is 0 Å². The topological polar surface area (TPSA) is 62.5 Å². The minimum absolute atomic E-state index is 0.0144. The maximum atomic E-state index is 12.4. The molecule has 25 heavy (non-hydrogen) atoms. The first-order chi connectivity index (χ1) is 12.0. The summed E-state index contributed by atoms with van der Waals surface area (Å²) in [4.78, 5) is 20.7. The highest BCUT2D eigenvalue weighted by atomic mass is 79.9. The van der Waals surface area contributed by atoms with Crippen molar-refractivity contribution in [3.8, 4) is 0 Å². The van der Waals surface area contributed by atoms with Crippen molar-refractivity contribution in [3.63, 3.8) is 0 Å². The maximum Gasteiger partial charge on any atom is 0.227 e. The van der Waals surface area contributed by atoms with Crippen molar-refractivity contribution < 1.29 is 9.32 Å². The first-order valence-electron chi connectivity index (χ1n) is 8.25. The van der Waals surface area contributed by atoms with E-state index in [9.17, 15) is 4.79 Å². The number of hydrogen-bond donors (Lipinski definition) is 0. The van der Waals surface area contributed by atoms with E-state index in [1.54, 1.807) is 11.9 Å². The molecule has 0 bridgehead atoms. The van der Waals surface area contributed by atoms with Gasteiger partial charge in [-0.3, -0.25) is 4.79 Å². The molecule has 6 nitrogen and oxygen atoms in total. The Labute approximate surface area is 155 Å². The van der Waals surface area contributed by atoms with Crippen molar-refractivity contribution >= 4 is 33.1 Å². The van der Waals surface area contributed by atoms with Gasteiger partial charge in [0, 0.05) is 43.1 Å². The first kappa shape index (κ1) is 17.8. The first-order valence-corrected chi connectivity index (χ1v) is 9.05. The molecule has 1 aliphatic rings. The zero-order valence-corrected chi connectivity index (χ0v) is 16.0. The van der Waals surface area contributed by atoms with E-state index < -0.39 is 0 Å². The smallest absolute Gasteiger partial charge is 0.227 e. The lowest BCUT2D eigenvalue weighted by Crippen LogP contribution is -2.26. The number of likely N-dealkylation sites (N-methyl/N-ethyl adjacent to an activating group) is 1. The molecular weight excluding hydrogens is 384 g/mol. The molecule has 3 rings (SSSR count). The summed E-state index contributed by atoms with van der Waals surface area (Å²) >= 11 is 3.39. The number of carbonyl (C=O) groups excluding carboxylic acids is 1. The van der Waals surface area contributed by atoms with E-state index in [-0.39, 0.29) is 5.91 Å². The predicted octanol–water partition coefficient (Wildman–Crippen LogP) is 3.15. The molecule has 1 aromatic carbocycles. The number of anilines is 1. The summed E-state index contributed by atoms with van der Waals surface area (Å²) in [5.41, 5.74) is 1.97. The van der Waals surface area contributed by atoms with Gasteiger partial charge in [0.1, 0.15) is 0 Å². The fraction of sp³-hybridized carbons (Fsp3) is 0.389. The van der Waals surface area contributed by atoms with Crippen LogP contribution in [-0.2, 0) is 11.2 Å². The van der Waals surface area contributed by atoms with E-state index in [2.05, 4.69) is 44.1 Å². The molecule has 1 aliphatic heterocycles. The van der Waals surface area contributed by atoms with Gasteiger partial charge < -0.3 is 14.3 Å². The molecule has 1 aromatic heterocycles. The van der Waals surface area contributed by atoms with Crippen LogP contribution in [0.4, 0.5) is 5.69 Å². The molecule has 0 fully saturated rings. The van der Waals surface area contributed by atoms with Crippen LogP contribution < -0.4 is 4.90 Å². The van der Waals surface area contributed by atoms with Gasteiger partial charge in [0.15, 0.2) is 5.82 Å². The number of amides is 1. The Morgan fingerprint density at radius 2 is 2.12 bits per heavy atom. The molecule has 7 heteroatoms. The third kappa shape index (κ3) is 4.55. The minimum Gasteiger partial charge on any atom is -0.339 e. The molecule has 0 atom stereocenters. The van der Waals surface area contributed by atoms with E-state index in [0.29, 0.717) is 24.6 Å².